The van der Waals surface area contributed by atoms with Gasteiger partial charge in [-0.3, -0.25) is 4.99 Å². The zero-order valence-electron chi connectivity index (χ0n) is 14.2. The predicted molar refractivity (Wildman–Crippen MR) is 106 cm³/mol. The van der Waals surface area contributed by atoms with Crippen molar-refractivity contribution in [1.82, 2.24) is 5.32 Å². The Morgan fingerprint density at radius 2 is 2.08 bits per heavy atom. The molecule has 140 valence electrons. The molecule has 2 atom stereocenters. The summed E-state index contributed by atoms with van der Waals surface area (Å²) in [7, 11) is 0. The fraction of sp³-hybridized carbons (Fsp3) is 0.611. The number of rotatable bonds is 3. The summed E-state index contributed by atoms with van der Waals surface area (Å²) in [6, 6.07) is 7.89. The molecule has 1 aliphatic heterocycles. The average molecular weight is 465 g/mol. The minimum Gasteiger partial charge on any atom is -0.493 e. The van der Waals surface area contributed by atoms with Gasteiger partial charge in [-0.1, -0.05) is 24.6 Å². The Hall–Kier alpha value is -1.12. The number of hydrogen-bond acceptors (Lipinski definition) is 2. The summed E-state index contributed by atoms with van der Waals surface area (Å²) >= 11 is 0. The normalized spacial score (nSPS) is 25.8. The lowest BCUT2D eigenvalue weighted by Gasteiger charge is -2.27. The Kier molecular flexibility index (Phi) is 7.27. The van der Waals surface area contributed by atoms with Crippen LogP contribution in [0.4, 0.5) is 8.78 Å². The molecule has 1 aromatic carbocycles. The van der Waals surface area contributed by atoms with Gasteiger partial charge in [-0.25, -0.2) is 8.78 Å². The molecule has 7 heteroatoms. The molecule has 3 N–H and O–H groups in total. The number of hydrogen-bond donors (Lipinski definition) is 2. The number of benzene rings is 1. The van der Waals surface area contributed by atoms with Gasteiger partial charge in [0.15, 0.2) is 5.96 Å². The number of guanidine groups is 1. The Morgan fingerprint density at radius 1 is 1.28 bits per heavy atom. The molecule has 25 heavy (non-hydrogen) atoms. The molecule has 0 saturated heterocycles. The standard InChI is InChI=1S/C18H25F2N3O.HI/c19-18(20)9-4-3-5-13(11-18)12-22-17(21)23-15-8-10-24-16-7-2-1-6-14(15)16;/h1-2,6-7,13,15H,3-5,8-12H2,(H3,21,22,23);1H. The number of para-hydroxylation sites is 1. The van der Waals surface area contributed by atoms with E-state index >= 15 is 0 Å². The van der Waals surface area contributed by atoms with Crippen LogP contribution in [0, 0.1) is 5.92 Å². The maximum atomic E-state index is 13.7. The largest absolute Gasteiger partial charge is 0.493 e. The topological polar surface area (TPSA) is 59.6 Å². The summed E-state index contributed by atoms with van der Waals surface area (Å²) in [5.41, 5.74) is 7.05. The highest BCUT2D eigenvalue weighted by molar-refractivity contribution is 14.0. The van der Waals surface area contributed by atoms with Crippen molar-refractivity contribution in [2.75, 3.05) is 13.2 Å². The van der Waals surface area contributed by atoms with E-state index < -0.39 is 5.92 Å². The number of alkyl halides is 2. The lowest BCUT2D eigenvalue weighted by molar-refractivity contribution is -0.0241. The third-order valence-corrected chi connectivity index (χ3v) is 4.79. The molecule has 4 nitrogen and oxygen atoms in total. The van der Waals surface area contributed by atoms with E-state index in [1.165, 1.54) is 0 Å². The molecule has 1 heterocycles. The van der Waals surface area contributed by atoms with Gasteiger partial charge in [0.25, 0.3) is 0 Å². The summed E-state index contributed by atoms with van der Waals surface area (Å²) in [5, 5.41) is 3.21. The lowest BCUT2D eigenvalue weighted by Crippen LogP contribution is -2.37. The molecule has 3 rings (SSSR count). The zero-order valence-corrected chi connectivity index (χ0v) is 16.5. The van der Waals surface area contributed by atoms with E-state index in [9.17, 15) is 8.78 Å². The van der Waals surface area contributed by atoms with Crippen LogP contribution in [0.1, 0.15) is 50.1 Å². The molecule has 0 bridgehead atoms. The van der Waals surface area contributed by atoms with E-state index in [2.05, 4.69) is 10.3 Å². The van der Waals surface area contributed by atoms with Gasteiger partial charge < -0.3 is 15.8 Å². The van der Waals surface area contributed by atoms with Gasteiger partial charge in [0.1, 0.15) is 5.75 Å². The van der Waals surface area contributed by atoms with E-state index in [1.54, 1.807) is 0 Å². The van der Waals surface area contributed by atoms with E-state index in [0.717, 1.165) is 30.6 Å². The molecule has 1 saturated carbocycles. The van der Waals surface area contributed by atoms with Crippen molar-refractivity contribution in [2.24, 2.45) is 16.6 Å². The first-order valence-electron chi connectivity index (χ1n) is 8.69. The molecular weight excluding hydrogens is 439 g/mol. The number of fused-ring (bicyclic) bond motifs is 1. The number of halogens is 3. The minimum absolute atomic E-state index is 0. The lowest BCUT2D eigenvalue weighted by atomic mass is 9.99. The van der Waals surface area contributed by atoms with Gasteiger partial charge in [-0.15, -0.1) is 24.0 Å². The number of nitrogens with two attached hydrogens (primary N) is 1. The number of nitrogens with one attached hydrogen (secondary N) is 1. The summed E-state index contributed by atoms with van der Waals surface area (Å²) in [6.07, 6.45) is 2.96. The first-order chi connectivity index (χ1) is 11.5. The number of nitrogens with zero attached hydrogens (tertiary/aromatic N) is 1. The Labute approximate surface area is 164 Å². The summed E-state index contributed by atoms with van der Waals surface area (Å²) < 4.78 is 33.0. The second-order valence-electron chi connectivity index (χ2n) is 6.77. The monoisotopic (exact) mass is 465 g/mol. The summed E-state index contributed by atoms with van der Waals surface area (Å²) in [4.78, 5) is 4.33. The molecule has 1 aromatic rings. The van der Waals surface area contributed by atoms with E-state index in [0.29, 0.717) is 25.5 Å². The molecule has 2 unspecified atom stereocenters. The smallest absolute Gasteiger partial charge is 0.248 e. The summed E-state index contributed by atoms with van der Waals surface area (Å²) in [5.74, 6) is -1.47. The number of aliphatic imine (C=N–C) groups is 1. The fourth-order valence-electron chi connectivity index (χ4n) is 3.54. The SMILES string of the molecule is I.NC(=NCC1CCCCC(F)(F)C1)NC1CCOc2ccccc21. The second-order valence-corrected chi connectivity index (χ2v) is 6.77. The van der Waals surface area contributed by atoms with Crippen LogP contribution in [0.5, 0.6) is 5.75 Å². The third kappa shape index (κ3) is 5.69. The van der Waals surface area contributed by atoms with Crippen LogP contribution in [-0.2, 0) is 0 Å². The van der Waals surface area contributed by atoms with E-state index in [1.807, 2.05) is 24.3 Å². The van der Waals surface area contributed by atoms with Crippen molar-refractivity contribution in [3.8, 4) is 5.75 Å². The van der Waals surface area contributed by atoms with Crippen molar-refractivity contribution in [3.05, 3.63) is 29.8 Å². The van der Waals surface area contributed by atoms with Crippen LogP contribution in [0.15, 0.2) is 29.3 Å². The van der Waals surface area contributed by atoms with Crippen molar-refractivity contribution >= 4 is 29.9 Å². The molecular formula is C18H26F2IN3O. The van der Waals surface area contributed by atoms with Crippen molar-refractivity contribution in [2.45, 2.75) is 50.5 Å². The van der Waals surface area contributed by atoms with Gasteiger partial charge in [-0.05, 0) is 24.8 Å². The second kappa shape index (κ2) is 9.00. The van der Waals surface area contributed by atoms with Gasteiger partial charge >= 0.3 is 0 Å². The molecule has 1 fully saturated rings. The Morgan fingerprint density at radius 3 is 2.92 bits per heavy atom. The Balaban J connectivity index is 0.00000225. The van der Waals surface area contributed by atoms with Crippen LogP contribution in [0.3, 0.4) is 0 Å². The maximum Gasteiger partial charge on any atom is 0.248 e. The van der Waals surface area contributed by atoms with Gasteiger partial charge in [0, 0.05) is 31.4 Å². The van der Waals surface area contributed by atoms with Crippen molar-refractivity contribution in [1.29, 1.82) is 0 Å². The van der Waals surface area contributed by atoms with Gasteiger partial charge in [0.2, 0.25) is 5.92 Å². The molecule has 2 aliphatic rings. The highest BCUT2D eigenvalue weighted by atomic mass is 127. The van der Waals surface area contributed by atoms with Crippen molar-refractivity contribution < 1.29 is 13.5 Å². The van der Waals surface area contributed by atoms with Crippen LogP contribution < -0.4 is 15.8 Å². The molecule has 0 amide bonds. The number of ether oxygens (including phenoxy) is 1. The fourth-order valence-corrected chi connectivity index (χ4v) is 3.54. The van der Waals surface area contributed by atoms with Crippen LogP contribution in [0.25, 0.3) is 0 Å². The van der Waals surface area contributed by atoms with Gasteiger partial charge in [0.05, 0.1) is 12.6 Å². The predicted octanol–water partition coefficient (Wildman–Crippen LogP) is 4.25. The first kappa shape index (κ1) is 20.2. The minimum atomic E-state index is -2.56. The summed E-state index contributed by atoms with van der Waals surface area (Å²) in [6.45, 7) is 0.982. The van der Waals surface area contributed by atoms with Crippen LogP contribution >= 0.6 is 24.0 Å². The van der Waals surface area contributed by atoms with E-state index in [4.69, 9.17) is 10.5 Å². The quantitative estimate of drug-likeness (QED) is 0.304. The highest BCUT2D eigenvalue weighted by Crippen LogP contribution is 2.35. The van der Waals surface area contributed by atoms with E-state index in [-0.39, 0.29) is 48.8 Å². The first-order valence-corrected chi connectivity index (χ1v) is 8.69. The highest BCUT2D eigenvalue weighted by Gasteiger charge is 2.34. The maximum absolute atomic E-state index is 13.7. The van der Waals surface area contributed by atoms with Crippen LogP contribution in [-0.4, -0.2) is 25.0 Å². The van der Waals surface area contributed by atoms with Gasteiger partial charge in [-0.2, -0.15) is 0 Å². The Bertz CT molecular complexity index is 597. The van der Waals surface area contributed by atoms with Crippen molar-refractivity contribution in [3.63, 3.8) is 0 Å². The molecule has 0 aromatic heterocycles. The third-order valence-electron chi connectivity index (χ3n) is 4.79. The average Bonchev–Trinajstić information content (AvgIpc) is 2.73. The zero-order chi connectivity index (χ0) is 17.0. The molecule has 1 aliphatic carbocycles. The molecule has 0 radical (unpaired) electrons. The van der Waals surface area contributed by atoms with Crippen LogP contribution in [0.2, 0.25) is 0 Å². The molecule has 0 spiro atoms.